The van der Waals surface area contributed by atoms with Crippen LogP contribution < -0.4 is 10.6 Å². The number of amides is 2. The Morgan fingerprint density at radius 3 is 1.32 bits per heavy atom. The molecule has 10 nitrogen and oxygen atoms in total. The number of hydrogen-bond donors (Lipinski definition) is 3. The number of hydrogen-bond acceptors (Lipinski definition) is 7. The number of nitrogens with one attached hydrogen (secondary N) is 2. The molecule has 0 aliphatic carbocycles. The van der Waals surface area contributed by atoms with Gasteiger partial charge in [-0.1, -0.05) is 64.2 Å². The van der Waals surface area contributed by atoms with Crippen LogP contribution in [0.4, 0.5) is 0 Å². The number of aliphatic carboxylic acids is 1. The lowest BCUT2D eigenvalue weighted by molar-refractivity contribution is -0.137. The first-order valence-corrected chi connectivity index (χ1v) is 16.0. The average molecular weight is 587 g/mol. The maximum Gasteiger partial charge on any atom is 0.303 e. The molecule has 0 saturated heterocycles. The van der Waals surface area contributed by atoms with E-state index in [1.54, 1.807) is 0 Å². The number of carbonyl (C=O) groups excluding carboxylic acids is 3. The summed E-state index contributed by atoms with van der Waals surface area (Å²) in [6.07, 6.45) is 18.9. The van der Waals surface area contributed by atoms with Gasteiger partial charge in [0.2, 0.25) is 11.8 Å². The molecule has 240 valence electrons. The van der Waals surface area contributed by atoms with E-state index < -0.39 is 5.97 Å². The number of unbranched alkanes of at least 4 members (excludes halogenated alkanes) is 12. The van der Waals surface area contributed by atoms with E-state index in [4.69, 9.17) is 19.3 Å². The second kappa shape index (κ2) is 32.5. The first kappa shape index (κ1) is 39.0. The van der Waals surface area contributed by atoms with Crippen molar-refractivity contribution in [3.05, 3.63) is 0 Å². The van der Waals surface area contributed by atoms with Crippen molar-refractivity contribution in [1.82, 2.24) is 10.6 Å². The Bertz CT molecular complexity index is 633. The van der Waals surface area contributed by atoms with Crippen molar-refractivity contribution in [1.29, 1.82) is 0 Å². The SMILES string of the molecule is O=CCCCCCCCCCCCCCCC(=O)NCCCOCCOCCOCCCNC(=O)CCCC(=O)O. The van der Waals surface area contributed by atoms with Gasteiger partial charge in [0.15, 0.2) is 0 Å². The molecule has 10 heteroatoms. The molecule has 0 aromatic rings. The third-order valence-corrected chi connectivity index (χ3v) is 6.59. The minimum Gasteiger partial charge on any atom is -0.481 e. The lowest BCUT2D eigenvalue weighted by Crippen LogP contribution is -2.25. The van der Waals surface area contributed by atoms with Gasteiger partial charge in [0.25, 0.3) is 0 Å². The van der Waals surface area contributed by atoms with E-state index in [2.05, 4.69) is 10.6 Å². The van der Waals surface area contributed by atoms with E-state index in [-0.39, 0.29) is 24.7 Å². The first-order chi connectivity index (χ1) is 20.1. The predicted octanol–water partition coefficient (Wildman–Crippen LogP) is 4.96. The van der Waals surface area contributed by atoms with E-state index in [9.17, 15) is 19.2 Å². The number of carboxylic acid groups (broad SMARTS) is 1. The molecule has 0 aliphatic heterocycles. The summed E-state index contributed by atoms with van der Waals surface area (Å²) in [5.41, 5.74) is 0. The van der Waals surface area contributed by atoms with Crippen LogP contribution in [0.3, 0.4) is 0 Å². The van der Waals surface area contributed by atoms with E-state index in [0.29, 0.717) is 78.4 Å². The van der Waals surface area contributed by atoms with Crippen LogP contribution in [0.25, 0.3) is 0 Å². The average Bonchev–Trinajstić information content (AvgIpc) is 2.95. The van der Waals surface area contributed by atoms with Gasteiger partial charge in [-0.3, -0.25) is 14.4 Å². The summed E-state index contributed by atoms with van der Waals surface area (Å²) in [7, 11) is 0. The van der Waals surface area contributed by atoms with Crippen molar-refractivity contribution in [2.24, 2.45) is 0 Å². The fraction of sp³-hybridized carbons (Fsp3) is 0.871. The molecule has 0 atom stereocenters. The Morgan fingerprint density at radius 2 is 0.878 bits per heavy atom. The van der Waals surface area contributed by atoms with Crippen LogP contribution in [0.2, 0.25) is 0 Å². The molecule has 0 radical (unpaired) electrons. The quantitative estimate of drug-likeness (QED) is 0.0724. The third-order valence-electron chi connectivity index (χ3n) is 6.59. The third kappa shape index (κ3) is 34.1. The normalized spacial score (nSPS) is 10.9. The minimum absolute atomic E-state index is 0.00903. The summed E-state index contributed by atoms with van der Waals surface area (Å²) in [5.74, 6) is -0.896. The smallest absolute Gasteiger partial charge is 0.303 e. The molecule has 0 saturated carbocycles. The predicted molar refractivity (Wildman–Crippen MR) is 160 cm³/mol. The van der Waals surface area contributed by atoms with Gasteiger partial charge in [-0.15, -0.1) is 0 Å². The van der Waals surface area contributed by atoms with E-state index >= 15 is 0 Å². The molecule has 0 fully saturated rings. The van der Waals surface area contributed by atoms with Crippen LogP contribution in [0.1, 0.15) is 122 Å². The number of aldehydes is 1. The number of carbonyl (C=O) groups is 4. The Morgan fingerprint density at radius 1 is 0.488 bits per heavy atom. The fourth-order valence-corrected chi connectivity index (χ4v) is 4.20. The van der Waals surface area contributed by atoms with Crippen molar-refractivity contribution in [3.63, 3.8) is 0 Å². The van der Waals surface area contributed by atoms with Gasteiger partial charge in [-0.25, -0.2) is 0 Å². The highest BCUT2D eigenvalue weighted by molar-refractivity contribution is 5.76. The summed E-state index contributed by atoms with van der Waals surface area (Å²) in [6.45, 7) is 4.20. The van der Waals surface area contributed by atoms with Gasteiger partial charge in [0.05, 0.1) is 26.4 Å². The zero-order valence-corrected chi connectivity index (χ0v) is 25.5. The number of carboxylic acids is 1. The highest BCUT2D eigenvalue weighted by Crippen LogP contribution is 2.12. The van der Waals surface area contributed by atoms with E-state index in [1.165, 1.54) is 57.8 Å². The maximum atomic E-state index is 11.9. The standard InChI is InChI=1S/C31H58N2O8/c34-22-13-11-9-7-5-3-1-2-4-6-8-10-12-17-29(35)32-20-15-23-39-25-27-41-28-26-40-24-16-21-33-30(36)18-14-19-31(37)38/h22H,1-21,23-28H2,(H,32,35)(H,33,36)(H,37,38). The van der Waals surface area contributed by atoms with E-state index in [0.717, 1.165) is 32.0 Å². The fourth-order valence-electron chi connectivity index (χ4n) is 4.20. The second-order valence-electron chi connectivity index (χ2n) is 10.4. The van der Waals surface area contributed by atoms with E-state index in [1.807, 2.05) is 0 Å². The van der Waals surface area contributed by atoms with Crippen molar-refractivity contribution < 1.29 is 38.5 Å². The lowest BCUT2D eigenvalue weighted by atomic mass is 10.0. The van der Waals surface area contributed by atoms with Crippen LogP contribution in [0.15, 0.2) is 0 Å². The largest absolute Gasteiger partial charge is 0.481 e. The molecular formula is C31H58N2O8. The highest BCUT2D eigenvalue weighted by atomic mass is 16.5. The second-order valence-corrected chi connectivity index (χ2v) is 10.4. The van der Waals surface area contributed by atoms with Gasteiger partial charge in [0, 0.05) is 52.0 Å². The van der Waals surface area contributed by atoms with Gasteiger partial charge in [-0.2, -0.15) is 0 Å². The Balaban J connectivity index is 3.21. The number of ether oxygens (including phenoxy) is 3. The molecule has 0 aliphatic rings. The minimum atomic E-state index is -0.887. The number of rotatable bonds is 33. The zero-order valence-electron chi connectivity index (χ0n) is 25.5. The summed E-state index contributed by atoms with van der Waals surface area (Å²) in [5, 5.41) is 14.2. The molecule has 3 N–H and O–H groups in total. The molecule has 0 rings (SSSR count). The van der Waals surface area contributed by atoms with Crippen molar-refractivity contribution in [2.45, 2.75) is 122 Å². The zero-order chi connectivity index (χ0) is 30.1. The van der Waals surface area contributed by atoms with Crippen LogP contribution in [0, 0.1) is 0 Å². The molecule has 0 aromatic heterocycles. The van der Waals surface area contributed by atoms with Crippen molar-refractivity contribution >= 4 is 24.1 Å². The Kier molecular flexibility index (Phi) is 30.9. The van der Waals surface area contributed by atoms with Crippen molar-refractivity contribution in [2.75, 3.05) is 52.7 Å². The molecule has 0 aromatic carbocycles. The van der Waals surface area contributed by atoms with Crippen LogP contribution in [-0.2, 0) is 33.4 Å². The summed E-state index contributed by atoms with van der Waals surface area (Å²) in [4.78, 5) is 44.1. The molecule has 2 amide bonds. The molecule has 0 heterocycles. The first-order valence-electron chi connectivity index (χ1n) is 16.0. The van der Waals surface area contributed by atoms with Crippen LogP contribution in [0.5, 0.6) is 0 Å². The summed E-state index contributed by atoms with van der Waals surface area (Å²) in [6, 6.07) is 0. The lowest BCUT2D eigenvalue weighted by Gasteiger charge is -2.08. The molecule has 0 spiro atoms. The topological polar surface area (TPSA) is 140 Å². The molecular weight excluding hydrogens is 528 g/mol. The Hall–Kier alpha value is -2.04. The van der Waals surface area contributed by atoms with Gasteiger partial charge < -0.3 is 34.7 Å². The molecule has 0 bridgehead atoms. The van der Waals surface area contributed by atoms with Gasteiger partial charge in [0.1, 0.15) is 6.29 Å². The summed E-state index contributed by atoms with van der Waals surface area (Å²) >= 11 is 0. The van der Waals surface area contributed by atoms with Gasteiger partial charge in [-0.05, 0) is 32.1 Å². The maximum absolute atomic E-state index is 11.9. The van der Waals surface area contributed by atoms with Crippen LogP contribution >= 0.6 is 0 Å². The monoisotopic (exact) mass is 586 g/mol. The molecule has 41 heavy (non-hydrogen) atoms. The summed E-state index contributed by atoms with van der Waals surface area (Å²) < 4.78 is 16.4. The van der Waals surface area contributed by atoms with Gasteiger partial charge >= 0.3 is 5.97 Å². The molecule has 0 unspecified atom stereocenters. The Labute approximate surface area is 248 Å². The van der Waals surface area contributed by atoms with Crippen molar-refractivity contribution in [3.8, 4) is 0 Å². The van der Waals surface area contributed by atoms with Crippen LogP contribution in [-0.4, -0.2) is 81.9 Å². The highest BCUT2D eigenvalue weighted by Gasteiger charge is 2.03.